The molecule has 1 aliphatic heterocycles. The quantitative estimate of drug-likeness (QED) is 0.449. The van der Waals surface area contributed by atoms with E-state index in [9.17, 15) is 23.2 Å². The first kappa shape index (κ1) is 24.8. The predicted octanol–water partition coefficient (Wildman–Crippen LogP) is 3.53. The monoisotopic (exact) mass is 499 g/mol. The van der Waals surface area contributed by atoms with Gasteiger partial charge in [-0.05, 0) is 36.2 Å². The normalized spacial score (nSPS) is 12.8. The Labute approximate surface area is 205 Å². The van der Waals surface area contributed by atoms with Crippen LogP contribution < -0.4 is 19.7 Å². The molecule has 0 bridgehead atoms. The highest BCUT2D eigenvalue weighted by molar-refractivity contribution is 6.02. The molecule has 3 aromatic rings. The number of oxazole rings is 1. The number of anilines is 1. The lowest BCUT2D eigenvalue weighted by Crippen LogP contribution is -2.38. The molecule has 2 amide bonds. The molecule has 2 heterocycles. The van der Waals surface area contributed by atoms with Crippen LogP contribution in [0.5, 0.6) is 11.5 Å². The smallest absolute Gasteiger partial charge is 0.273 e. The van der Waals surface area contributed by atoms with Crippen LogP contribution in [0.2, 0.25) is 0 Å². The number of fused-ring (bicyclic) bond motifs is 1. The average molecular weight is 499 g/mol. The molecule has 4 rings (SSSR count). The Hall–Kier alpha value is -4.28. The summed E-state index contributed by atoms with van der Waals surface area (Å²) in [6.07, 6.45) is 1.21. The number of ether oxygens (including phenoxy) is 2. The third-order valence-corrected chi connectivity index (χ3v) is 5.23. The number of halogens is 2. The van der Waals surface area contributed by atoms with Gasteiger partial charge in [0.25, 0.3) is 11.8 Å². The van der Waals surface area contributed by atoms with E-state index in [1.165, 1.54) is 29.4 Å². The Morgan fingerprint density at radius 3 is 2.75 bits per heavy atom. The van der Waals surface area contributed by atoms with Crippen molar-refractivity contribution in [3.05, 3.63) is 71.4 Å². The highest BCUT2D eigenvalue weighted by Gasteiger charge is 2.28. The Morgan fingerprint density at radius 1 is 1.19 bits per heavy atom. The van der Waals surface area contributed by atoms with Crippen molar-refractivity contribution in [2.24, 2.45) is 5.92 Å². The van der Waals surface area contributed by atoms with Crippen molar-refractivity contribution in [3.8, 4) is 11.5 Å². The number of hydrogen-bond donors (Lipinski definition) is 1. The maximum atomic E-state index is 13.8. The second-order valence-corrected chi connectivity index (χ2v) is 8.47. The lowest BCUT2D eigenvalue weighted by atomic mass is 10.1. The number of carbonyl (C=O) groups is 3. The van der Waals surface area contributed by atoms with Gasteiger partial charge in [-0.1, -0.05) is 13.8 Å². The Bertz CT molecular complexity index is 1310. The van der Waals surface area contributed by atoms with Crippen molar-refractivity contribution >= 4 is 23.3 Å². The van der Waals surface area contributed by atoms with Gasteiger partial charge in [0.1, 0.15) is 24.4 Å². The molecule has 188 valence electrons. The minimum absolute atomic E-state index is 0.0840. The first-order chi connectivity index (χ1) is 17.2. The second-order valence-electron chi connectivity index (χ2n) is 8.47. The van der Waals surface area contributed by atoms with E-state index in [0.29, 0.717) is 24.0 Å². The zero-order valence-electron chi connectivity index (χ0n) is 19.5. The third kappa shape index (κ3) is 5.68. The molecule has 0 aliphatic carbocycles. The fourth-order valence-electron chi connectivity index (χ4n) is 3.38. The summed E-state index contributed by atoms with van der Waals surface area (Å²) in [4.78, 5) is 43.0. The zero-order valence-corrected chi connectivity index (χ0v) is 19.5. The van der Waals surface area contributed by atoms with Gasteiger partial charge in [-0.25, -0.2) is 13.8 Å². The van der Waals surface area contributed by atoms with Crippen molar-refractivity contribution < 1.29 is 37.1 Å². The number of aromatic nitrogens is 1. The van der Waals surface area contributed by atoms with Crippen LogP contribution in [-0.4, -0.2) is 42.3 Å². The number of nitrogens with one attached hydrogen (secondary N) is 1. The molecule has 0 saturated heterocycles. The van der Waals surface area contributed by atoms with E-state index in [0.717, 1.165) is 12.1 Å². The fraction of sp³-hybridized carbons (Fsp3) is 0.280. The van der Waals surface area contributed by atoms with Gasteiger partial charge in [0.2, 0.25) is 5.89 Å². The molecule has 0 unspecified atom stereocenters. The number of nitrogens with zero attached hydrogens (tertiary/aromatic N) is 2. The topological polar surface area (TPSA) is 111 Å². The Kier molecular flexibility index (Phi) is 7.28. The van der Waals surface area contributed by atoms with Gasteiger partial charge >= 0.3 is 0 Å². The van der Waals surface area contributed by atoms with Crippen LogP contribution in [0.3, 0.4) is 0 Å². The maximum Gasteiger partial charge on any atom is 0.273 e. The standard InChI is InChI=1S/C25H23F2N3O6/c1-14(2)9-28-25(33)18-11-36-23(29-18)10-30-19-7-15(3-5-22(19)35-13-24(30)32)20(31)12-34-21-6-4-16(26)8-17(21)27/h3-8,11,14H,9-10,12-13H2,1-2H3,(H,28,33). The van der Waals surface area contributed by atoms with Gasteiger partial charge in [0.05, 0.1) is 5.69 Å². The molecule has 0 atom stereocenters. The third-order valence-electron chi connectivity index (χ3n) is 5.23. The van der Waals surface area contributed by atoms with Gasteiger partial charge in [-0.15, -0.1) is 0 Å². The lowest BCUT2D eigenvalue weighted by Gasteiger charge is -2.28. The Balaban J connectivity index is 1.48. The van der Waals surface area contributed by atoms with E-state index in [2.05, 4.69) is 10.3 Å². The number of ketones is 1. The predicted molar refractivity (Wildman–Crippen MR) is 123 cm³/mol. The van der Waals surface area contributed by atoms with Gasteiger partial charge in [0, 0.05) is 18.2 Å². The van der Waals surface area contributed by atoms with Crippen molar-refractivity contribution in [2.75, 3.05) is 24.7 Å². The molecule has 0 radical (unpaired) electrons. The molecule has 1 N–H and O–H groups in total. The maximum absolute atomic E-state index is 13.8. The molecular weight excluding hydrogens is 476 g/mol. The molecule has 0 fully saturated rings. The molecule has 2 aromatic carbocycles. The van der Waals surface area contributed by atoms with E-state index in [1.807, 2.05) is 13.8 Å². The van der Waals surface area contributed by atoms with Crippen LogP contribution in [0.4, 0.5) is 14.5 Å². The summed E-state index contributed by atoms with van der Waals surface area (Å²) >= 11 is 0. The first-order valence-electron chi connectivity index (χ1n) is 11.1. The lowest BCUT2D eigenvalue weighted by molar-refractivity contribution is -0.121. The van der Waals surface area contributed by atoms with Crippen LogP contribution in [0.15, 0.2) is 47.1 Å². The van der Waals surface area contributed by atoms with Crippen molar-refractivity contribution in [3.63, 3.8) is 0 Å². The highest BCUT2D eigenvalue weighted by Crippen LogP contribution is 2.34. The molecular formula is C25H23F2N3O6. The summed E-state index contributed by atoms with van der Waals surface area (Å²) in [5.41, 5.74) is 0.565. The van der Waals surface area contributed by atoms with Crippen LogP contribution in [0.1, 0.15) is 40.6 Å². The van der Waals surface area contributed by atoms with Crippen LogP contribution in [0.25, 0.3) is 0 Å². The van der Waals surface area contributed by atoms with Crippen molar-refractivity contribution in [1.29, 1.82) is 0 Å². The number of rotatable bonds is 9. The summed E-state index contributed by atoms with van der Waals surface area (Å²) < 4.78 is 42.9. The van der Waals surface area contributed by atoms with Crippen molar-refractivity contribution in [1.82, 2.24) is 10.3 Å². The van der Waals surface area contributed by atoms with E-state index < -0.39 is 35.8 Å². The minimum Gasteiger partial charge on any atom is -0.482 e. The van der Waals surface area contributed by atoms with Crippen LogP contribution in [0, 0.1) is 17.6 Å². The van der Waals surface area contributed by atoms with Gasteiger partial charge in [-0.3, -0.25) is 19.3 Å². The molecule has 36 heavy (non-hydrogen) atoms. The molecule has 0 saturated carbocycles. The molecule has 0 spiro atoms. The number of amides is 2. The van der Waals surface area contributed by atoms with Crippen LogP contribution in [-0.2, 0) is 11.3 Å². The summed E-state index contributed by atoms with van der Waals surface area (Å²) in [5.74, 6) is -2.50. The fourth-order valence-corrected chi connectivity index (χ4v) is 3.38. The van der Waals surface area contributed by atoms with E-state index in [-0.39, 0.29) is 42.0 Å². The largest absolute Gasteiger partial charge is 0.482 e. The molecule has 9 nitrogen and oxygen atoms in total. The Morgan fingerprint density at radius 2 is 2.00 bits per heavy atom. The summed E-state index contributed by atoms with van der Waals surface area (Å²) in [6, 6.07) is 7.22. The number of hydrogen-bond acceptors (Lipinski definition) is 7. The number of Topliss-reactive ketones (excluding diaryl/α,β-unsaturated/α-hetero) is 1. The summed E-state index contributed by atoms with van der Waals surface area (Å²) in [5, 5.41) is 2.74. The SMILES string of the molecule is CC(C)CNC(=O)c1coc(CN2C(=O)COc3ccc(C(=O)COc4ccc(F)cc4F)cc32)n1. The van der Waals surface area contributed by atoms with E-state index in [4.69, 9.17) is 13.9 Å². The molecule has 11 heteroatoms. The zero-order chi connectivity index (χ0) is 25.8. The van der Waals surface area contributed by atoms with Gasteiger partial charge in [-0.2, -0.15) is 0 Å². The van der Waals surface area contributed by atoms with E-state index >= 15 is 0 Å². The summed E-state index contributed by atoms with van der Waals surface area (Å²) in [7, 11) is 0. The van der Waals surface area contributed by atoms with Gasteiger partial charge < -0.3 is 19.2 Å². The van der Waals surface area contributed by atoms with Crippen molar-refractivity contribution in [2.45, 2.75) is 20.4 Å². The number of benzene rings is 2. The van der Waals surface area contributed by atoms with Crippen LogP contribution >= 0.6 is 0 Å². The first-order valence-corrected chi connectivity index (χ1v) is 11.1. The number of carbonyl (C=O) groups excluding carboxylic acids is 3. The molecule has 1 aliphatic rings. The van der Waals surface area contributed by atoms with E-state index in [1.54, 1.807) is 0 Å². The molecule has 1 aromatic heterocycles. The highest BCUT2D eigenvalue weighted by atomic mass is 19.1. The van der Waals surface area contributed by atoms with Gasteiger partial charge in [0.15, 0.2) is 36.3 Å². The summed E-state index contributed by atoms with van der Waals surface area (Å²) in [6.45, 7) is 3.57. The minimum atomic E-state index is -0.929. The average Bonchev–Trinajstić information content (AvgIpc) is 3.32. The second kappa shape index (κ2) is 10.5.